The van der Waals surface area contributed by atoms with Crippen molar-refractivity contribution in [3.8, 4) is 10.6 Å². The molecule has 1 amide bonds. The van der Waals surface area contributed by atoms with E-state index in [1.807, 2.05) is 42.5 Å². The second-order valence-electron chi connectivity index (χ2n) is 7.88. The normalized spacial score (nSPS) is 14.2. The Kier molecular flexibility index (Phi) is 5.04. The van der Waals surface area contributed by atoms with Crippen LogP contribution in [0.3, 0.4) is 0 Å². The molecule has 1 aliphatic heterocycles. The fourth-order valence-corrected chi connectivity index (χ4v) is 7.99. The Morgan fingerprint density at radius 3 is 2.66 bits per heavy atom. The van der Waals surface area contributed by atoms with Crippen LogP contribution in [0.2, 0.25) is 5.02 Å². The molecule has 6 rings (SSSR count). The van der Waals surface area contributed by atoms with Gasteiger partial charge in [-0.05, 0) is 37.2 Å². The molecule has 2 aromatic carbocycles. The van der Waals surface area contributed by atoms with Gasteiger partial charge < -0.3 is 10.2 Å². The molecule has 32 heavy (non-hydrogen) atoms. The minimum absolute atomic E-state index is 0.162. The van der Waals surface area contributed by atoms with E-state index in [1.165, 1.54) is 21.8 Å². The van der Waals surface area contributed by atoms with Gasteiger partial charge in [0.15, 0.2) is 0 Å². The molecule has 4 heterocycles. The van der Waals surface area contributed by atoms with Gasteiger partial charge in [-0.2, -0.15) is 0 Å². The van der Waals surface area contributed by atoms with E-state index in [1.54, 1.807) is 22.7 Å². The average Bonchev–Trinajstić information content (AvgIpc) is 3.46. The van der Waals surface area contributed by atoms with E-state index < -0.39 is 0 Å². The van der Waals surface area contributed by atoms with Gasteiger partial charge in [-0.1, -0.05) is 41.9 Å². The zero-order valence-electron chi connectivity index (χ0n) is 17.1. The number of aromatic nitrogens is 1. The van der Waals surface area contributed by atoms with Crippen molar-refractivity contribution in [3.05, 3.63) is 68.9 Å². The lowest BCUT2D eigenvalue weighted by Gasteiger charge is -2.22. The van der Waals surface area contributed by atoms with Crippen LogP contribution in [0.5, 0.6) is 0 Å². The lowest BCUT2D eigenvalue weighted by molar-refractivity contribution is 0.103. The predicted molar refractivity (Wildman–Crippen MR) is 138 cm³/mol. The van der Waals surface area contributed by atoms with Crippen molar-refractivity contribution in [2.45, 2.75) is 13.0 Å². The first-order chi connectivity index (χ1) is 15.6. The summed E-state index contributed by atoms with van der Waals surface area (Å²) in [4.78, 5) is 22.4. The predicted octanol–water partition coefficient (Wildman–Crippen LogP) is 7.13. The van der Waals surface area contributed by atoms with Gasteiger partial charge in [0.05, 0.1) is 15.2 Å². The Balaban J connectivity index is 1.45. The summed E-state index contributed by atoms with van der Waals surface area (Å²) in [7, 11) is 2.13. The summed E-state index contributed by atoms with van der Waals surface area (Å²) < 4.78 is 2.17. The molecule has 8 heteroatoms. The van der Waals surface area contributed by atoms with Gasteiger partial charge >= 0.3 is 0 Å². The van der Waals surface area contributed by atoms with Gasteiger partial charge in [-0.15, -0.1) is 34.0 Å². The fourth-order valence-electron chi connectivity index (χ4n) is 4.14. The fraction of sp³-hybridized carbons (Fsp3) is 0.167. The maximum Gasteiger partial charge on any atom is 0.267 e. The third-order valence-electron chi connectivity index (χ3n) is 5.72. The van der Waals surface area contributed by atoms with Crippen LogP contribution in [0.25, 0.3) is 30.9 Å². The quantitative estimate of drug-likeness (QED) is 0.289. The minimum Gasteiger partial charge on any atom is -0.312 e. The summed E-state index contributed by atoms with van der Waals surface area (Å²) in [5, 5.41) is 6.46. The second kappa shape index (κ2) is 7.93. The lowest BCUT2D eigenvalue weighted by Crippen LogP contribution is -2.25. The minimum atomic E-state index is -0.162. The number of fused-ring (bicyclic) bond motifs is 3. The molecule has 1 aliphatic rings. The summed E-state index contributed by atoms with van der Waals surface area (Å²) in [5.41, 5.74) is 3.37. The maximum atomic E-state index is 13.3. The van der Waals surface area contributed by atoms with E-state index in [2.05, 4.69) is 23.3 Å². The van der Waals surface area contributed by atoms with Crippen LogP contribution in [0.1, 0.15) is 20.1 Å². The van der Waals surface area contributed by atoms with Crippen molar-refractivity contribution in [2.24, 2.45) is 0 Å². The molecule has 0 aliphatic carbocycles. The summed E-state index contributed by atoms with van der Waals surface area (Å²) in [6.45, 7) is 1.88. The van der Waals surface area contributed by atoms with E-state index in [-0.39, 0.29) is 5.91 Å². The zero-order chi connectivity index (χ0) is 21.8. The summed E-state index contributed by atoms with van der Waals surface area (Å²) >= 11 is 11.4. The van der Waals surface area contributed by atoms with Gasteiger partial charge in [-0.3, -0.25) is 4.79 Å². The van der Waals surface area contributed by atoms with Gasteiger partial charge in [0.2, 0.25) is 0 Å². The SMILES string of the molecule is CN1CCc2c(sc(NC(=O)c3sc4ccccc4c3Cl)c2-c2nc3ccccc3s2)C1. The van der Waals surface area contributed by atoms with E-state index in [4.69, 9.17) is 16.6 Å². The van der Waals surface area contributed by atoms with Gasteiger partial charge in [0, 0.05) is 33.6 Å². The molecule has 0 fully saturated rings. The molecule has 0 saturated heterocycles. The highest BCUT2D eigenvalue weighted by molar-refractivity contribution is 7.23. The number of anilines is 1. The molecule has 0 atom stereocenters. The Labute approximate surface area is 202 Å². The third-order valence-corrected chi connectivity index (χ3v) is 9.58. The number of benzene rings is 2. The maximum absolute atomic E-state index is 13.3. The van der Waals surface area contributed by atoms with Crippen molar-refractivity contribution in [1.82, 2.24) is 9.88 Å². The number of hydrogen-bond donors (Lipinski definition) is 1. The first-order valence-electron chi connectivity index (χ1n) is 10.3. The van der Waals surface area contributed by atoms with Gasteiger partial charge in [0.1, 0.15) is 14.9 Å². The Hall–Kier alpha value is -2.29. The van der Waals surface area contributed by atoms with Crippen molar-refractivity contribution in [3.63, 3.8) is 0 Å². The molecular weight excluding hydrogens is 478 g/mol. The largest absolute Gasteiger partial charge is 0.312 e. The van der Waals surface area contributed by atoms with Crippen LogP contribution >= 0.6 is 45.6 Å². The number of carbonyl (C=O) groups excluding carboxylic acids is 1. The monoisotopic (exact) mass is 495 g/mol. The molecule has 0 radical (unpaired) electrons. The lowest BCUT2D eigenvalue weighted by atomic mass is 10.0. The summed E-state index contributed by atoms with van der Waals surface area (Å²) in [6, 6.07) is 16.0. The summed E-state index contributed by atoms with van der Waals surface area (Å²) in [6.07, 6.45) is 0.951. The van der Waals surface area contributed by atoms with Crippen LogP contribution in [0.4, 0.5) is 5.00 Å². The topological polar surface area (TPSA) is 45.2 Å². The number of halogens is 1. The van der Waals surface area contributed by atoms with Crippen LogP contribution in [0, 0.1) is 0 Å². The number of likely N-dealkylation sites (N-methyl/N-ethyl adjacent to an activating group) is 1. The van der Waals surface area contributed by atoms with Crippen molar-refractivity contribution >= 4 is 76.8 Å². The van der Waals surface area contributed by atoms with Crippen LogP contribution in [-0.4, -0.2) is 29.4 Å². The number of hydrogen-bond acceptors (Lipinski definition) is 6. The molecule has 4 nitrogen and oxygen atoms in total. The second-order valence-corrected chi connectivity index (χ2v) is 11.4. The molecule has 0 bridgehead atoms. The molecule has 0 saturated carbocycles. The number of rotatable bonds is 3. The highest BCUT2D eigenvalue weighted by Crippen LogP contribution is 2.46. The number of para-hydroxylation sites is 1. The molecular formula is C24H18ClN3OS3. The average molecular weight is 496 g/mol. The molecule has 160 valence electrons. The highest BCUT2D eigenvalue weighted by Gasteiger charge is 2.28. The smallest absolute Gasteiger partial charge is 0.267 e. The van der Waals surface area contributed by atoms with Gasteiger partial charge in [0.25, 0.3) is 5.91 Å². The van der Waals surface area contributed by atoms with E-state index in [0.29, 0.717) is 9.90 Å². The number of amides is 1. The van der Waals surface area contributed by atoms with Crippen LogP contribution in [0.15, 0.2) is 48.5 Å². The molecule has 0 spiro atoms. The highest BCUT2D eigenvalue weighted by atomic mass is 35.5. The van der Waals surface area contributed by atoms with Gasteiger partial charge in [-0.25, -0.2) is 4.98 Å². The molecule has 0 unspecified atom stereocenters. The van der Waals surface area contributed by atoms with E-state index in [0.717, 1.165) is 55.4 Å². The van der Waals surface area contributed by atoms with Crippen LogP contribution in [-0.2, 0) is 13.0 Å². The first kappa shape index (κ1) is 20.3. The number of nitrogens with zero attached hydrogens (tertiary/aromatic N) is 2. The zero-order valence-corrected chi connectivity index (χ0v) is 20.4. The Morgan fingerprint density at radius 1 is 1.06 bits per heavy atom. The Bertz CT molecular complexity index is 1470. The third kappa shape index (κ3) is 3.36. The molecule has 1 N–H and O–H groups in total. The number of thiophene rings is 2. The van der Waals surface area contributed by atoms with Crippen molar-refractivity contribution in [1.29, 1.82) is 0 Å². The van der Waals surface area contributed by atoms with Crippen molar-refractivity contribution < 1.29 is 4.79 Å². The van der Waals surface area contributed by atoms with Crippen LogP contribution < -0.4 is 5.32 Å². The Morgan fingerprint density at radius 2 is 1.84 bits per heavy atom. The van der Waals surface area contributed by atoms with E-state index in [9.17, 15) is 4.79 Å². The van der Waals surface area contributed by atoms with E-state index >= 15 is 0 Å². The molecule has 3 aromatic heterocycles. The first-order valence-corrected chi connectivity index (χ1v) is 13.1. The number of thiazole rings is 1. The number of carbonyl (C=O) groups is 1. The summed E-state index contributed by atoms with van der Waals surface area (Å²) in [5.74, 6) is -0.162. The number of nitrogens with one attached hydrogen (secondary N) is 1. The van der Waals surface area contributed by atoms with Crippen molar-refractivity contribution in [2.75, 3.05) is 18.9 Å². The molecule has 5 aromatic rings. The standard InChI is InChI=1S/C24H18ClN3OS3/c1-28-11-10-13-18(12-28)32-24(19(13)23-26-15-7-3-5-9-17(15)31-23)27-22(29)21-20(25)14-6-2-4-8-16(14)30-21/h2-9H,10-12H2,1H3,(H,27,29).